The Morgan fingerprint density at radius 2 is 1.20 bits per heavy atom. The maximum absolute atomic E-state index is 13.5. The number of aromatic hydroxyl groups is 2. The molecule has 0 aliphatic carbocycles. The van der Waals surface area contributed by atoms with E-state index in [1.165, 1.54) is 23.9 Å². The highest BCUT2D eigenvalue weighted by atomic mass is 16.6. The molecule has 278 valence electrons. The van der Waals surface area contributed by atoms with Gasteiger partial charge >= 0.3 is 5.69 Å². The van der Waals surface area contributed by atoms with Crippen molar-refractivity contribution < 1.29 is 19.7 Å². The van der Waals surface area contributed by atoms with Crippen molar-refractivity contribution in [3.63, 3.8) is 0 Å². The summed E-state index contributed by atoms with van der Waals surface area (Å²) in [5.41, 5.74) is 2.69. The van der Waals surface area contributed by atoms with Gasteiger partial charge in [0.1, 0.15) is 29.7 Å². The molecule has 0 saturated carbocycles. The second-order valence-electron chi connectivity index (χ2n) is 17.9. The Labute approximate surface area is 302 Å². The molecule has 2 N–H and O–H groups in total. The van der Waals surface area contributed by atoms with Gasteiger partial charge in [-0.2, -0.15) is 0 Å². The van der Waals surface area contributed by atoms with Crippen LogP contribution < -0.4 is 11.2 Å². The van der Waals surface area contributed by atoms with Crippen LogP contribution in [0.5, 0.6) is 11.5 Å². The van der Waals surface area contributed by atoms with Crippen LogP contribution in [-0.2, 0) is 38.2 Å². The summed E-state index contributed by atoms with van der Waals surface area (Å²) in [7, 11) is 2.98. The molecule has 0 bridgehead atoms. The van der Waals surface area contributed by atoms with Gasteiger partial charge in [0, 0.05) is 61.1 Å². The summed E-state index contributed by atoms with van der Waals surface area (Å²) in [6.45, 7) is 25.2. The number of hydrogen-bond acceptors (Lipinski definition) is 8. The predicted octanol–water partition coefficient (Wildman–Crippen LogP) is 6.67. The molecule has 0 radical (unpaired) electrons. The van der Waals surface area contributed by atoms with Gasteiger partial charge in [0.05, 0.1) is 6.61 Å². The number of phenolic OH excluding ortho intramolecular Hbond substituents is 2. The predicted molar refractivity (Wildman–Crippen MR) is 206 cm³/mol. The minimum absolute atomic E-state index is 0.126. The van der Waals surface area contributed by atoms with E-state index in [-0.39, 0.29) is 39.8 Å². The summed E-state index contributed by atoms with van der Waals surface area (Å²) in [5.74, 6) is 0.270. The van der Waals surface area contributed by atoms with Crippen molar-refractivity contribution in [3.05, 3.63) is 90.7 Å². The van der Waals surface area contributed by atoms with E-state index in [2.05, 4.69) is 89.2 Å². The lowest BCUT2D eigenvalue weighted by Gasteiger charge is -2.27. The Morgan fingerprint density at radius 1 is 0.745 bits per heavy atom. The molecule has 3 aromatic rings. The summed E-state index contributed by atoms with van der Waals surface area (Å²) in [5, 5.41) is 23.1. The van der Waals surface area contributed by atoms with E-state index < -0.39 is 35.7 Å². The second kappa shape index (κ2) is 14.2. The summed E-state index contributed by atoms with van der Waals surface area (Å²) in [6, 6.07) is 7.83. The topological polar surface area (TPSA) is 128 Å². The Hall–Kier alpha value is -4.02. The summed E-state index contributed by atoms with van der Waals surface area (Å²) < 4.78 is 14.4. The highest BCUT2D eigenvalue weighted by Gasteiger charge is 2.46. The molecule has 1 saturated heterocycles. The van der Waals surface area contributed by atoms with Crippen LogP contribution in [0.25, 0.3) is 0 Å². The molecule has 1 aliphatic rings. The third-order valence-corrected chi connectivity index (χ3v) is 9.56. The van der Waals surface area contributed by atoms with Crippen LogP contribution in [0.2, 0.25) is 0 Å². The average molecular weight is 703 g/mol. The lowest BCUT2D eigenvalue weighted by Crippen LogP contribution is -2.41. The summed E-state index contributed by atoms with van der Waals surface area (Å²) in [4.78, 5) is 35.9. The zero-order valence-corrected chi connectivity index (χ0v) is 33.0. The highest BCUT2D eigenvalue weighted by Crippen LogP contribution is 2.40. The van der Waals surface area contributed by atoms with Crippen molar-refractivity contribution in [2.24, 2.45) is 17.0 Å². The first-order valence-corrected chi connectivity index (χ1v) is 17.6. The summed E-state index contributed by atoms with van der Waals surface area (Å²) in [6.07, 6.45) is 3.09. The fraction of sp³-hybridized carbons (Fsp3) is 0.561. The molecule has 1 aliphatic heterocycles. The number of rotatable bonds is 7. The van der Waals surface area contributed by atoms with Gasteiger partial charge in [0.15, 0.2) is 6.23 Å². The number of methoxy groups -OCH3 is 1. The van der Waals surface area contributed by atoms with Crippen LogP contribution in [0, 0.1) is 0 Å². The minimum atomic E-state index is -0.961. The van der Waals surface area contributed by atoms with Gasteiger partial charge in [-0.1, -0.05) is 95.2 Å². The molecule has 1 fully saturated rings. The van der Waals surface area contributed by atoms with Gasteiger partial charge in [-0.15, -0.1) is 0 Å². The fourth-order valence-electron chi connectivity index (χ4n) is 6.24. The molecule has 51 heavy (non-hydrogen) atoms. The van der Waals surface area contributed by atoms with E-state index in [4.69, 9.17) is 19.5 Å². The Balaban J connectivity index is 1.96. The van der Waals surface area contributed by atoms with Crippen molar-refractivity contribution >= 4 is 12.4 Å². The molecule has 10 nitrogen and oxygen atoms in total. The Bertz CT molecular complexity index is 1930. The van der Waals surface area contributed by atoms with Gasteiger partial charge in [0.2, 0.25) is 0 Å². The lowest BCUT2D eigenvalue weighted by atomic mass is 9.79. The molecule has 4 rings (SSSR count). The van der Waals surface area contributed by atoms with Crippen molar-refractivity contribution in [1.82, 2.24) is 9.13 Å². The fourth-order valence-corrected chi connectivity index (χ4v) is 6.24. The van der Waals surface area contributed by atoms with Gasteiger partial charge in [-0.25, -0.2) is 4.79 Å². The van der Waals surface area contributed by atoms with E-state index in [1.807, 2.05) is 18.2 Å². The second-order valence-corrected chi connectivity index (χ2v) is 17.9. The molecule has 2 aromatic carbocycles. The van der Waals surface area contributed by atoms with Crippen LogP contribution >= 0.6 is 0 Å². The number of aliphatic imine (C=N–C) groups is 2. The van der Waals surface area contributed by atoms with Crippen molar-refractivity contribution in [1.29, 1.82) is 0 Å². The van der Waals surface area contributed by atoms with Crippen LogP contribution in [-0.4, -0.2) is 63.7 Å². The summed E-state index contributed by atoms with van der Waals surface area (Å²) >= 11 is 0. The molecule has 1 aromatic heterocycles. The van der Waals surface area contributed by atoms with Crippen LogP contribution in [0.4, 0.5) is 0 Å². The molecular weight excluding hydrogens is 644 g/mol. The van der Waals surface area contributed by atoms with Crippen molar-refractivity contribution in [2.45, 2.75) is 129 Å². The Morgan fingerprint density at radius 3 is 1.61 bits per heavy atom. The smallest absolute Gasteiger partial charge is 0.332 e. The molecule has 0 spiro atoms. The normalized spacial score (nSPS) is 20.6. The van der Waals surface area contributed by atoms with E-state index in [0.717, 1.165) is 26.8 Å². The molecule has 10 heteroatoms. The maximum atomic E-state index is 13.5. The molecule has 4 atom stereocenters. The Kier molecular flexibility index (Phi) is 11.1. The number of benzene rings is 2. The van der Waals surface area contributed by atoms with Crippen molar-refractivity contribution in [2.75, 3.05) is 13.7 Å². The molecule has 0 unspecified atom stereocenters. The third-order valence-electron chi connectivity index (χ3n) is 9.56. The standard InChI is InChI=1S/C41H58N4O6/c1-38(2,3)26-17-24(34(47)28(19-26)40(7,8)9)21-42-32-30(23-50-14)51-36(45-16-15-31(46)44(13)37(45)49)33(32)43-22-25-18-27(39(4,5)6)20-29(35(25)48)41(10,11)12/h15-22,30,32-33,36,47-48H,23H2,1-14H3/t30-,32+,33-,36-/m1/s1. The first kappa shape index (κ1) is 39.8. The molecule has 2 heterocycles. The van der Waals surface area contributed by atoms with Crippen LogP contribution in [0.15, 0.2) is 56.1 Å². The quantitative estimate of drug-likeness (QED) is 0.265. The third kappa shape index (κ3) is 8.55. The first-order valence-electron chi connectivity index (χ1n) is 17.6. The SMILES string of the molecule is COC[C@H]1O[C@@H](n2ccc(=O)n(C)c2=O)[C@H](N=Cc2cc(C(C)(C)C)cc(C(C)(C)C)c2O)[C@H]1N=Cc1cc(C(C)(C)C)cc(C(C)(C)C)c1O. The first-order chi connectivity index (χ1) is 23.4. The number of aromatic nitrogens is 2. The molecule has 0 amide bonds. The number of hydrogen-bond donors (Lipinski definition) is 2. The lowest BCUT2D eigenvalue weighted by molar-refractivity contribution is -0.0387. The zero-order valence-electron chi connectivity index (χ0n) is 33.0. The van der Waals surface area contributed by atoms with Gasteiger partial charge in [0.25, 0.3) is 5.56 Å². The van der Waals surface area contributed by atoms with E-state index >= 15 is 0 Å². The van der Waals surface area contributed by atoms with Gasteiger partial charge in [-0.3, -0.25) is 23.9 Å². The van der Waals surface area contributed by atoms with Crippen LogP contribution in [0.1, 0.15) is 123 Å². The highest BCUT2D eigenvalue weighted by molar-refractivity contribution is 5.86. The van der Waals surface area contributed by atoms with Gasteiger partial charge in [-0.05, 0) is 44.9 Å². The number of ether oxygens (including phenoxy) is 2. The van der Waals surface area contributed by atoms with E-state index in [9.17, 15) is 19.8 Å². The van der Waals surface area contributed by atoms with E-state index in [1.54, 1.807) is 19.5 Å². The van der Waals surface area contributed by atoms with Gasteiger partial charge < -0.3 is 19.7 Å². The van der Waals surface area contributed by atoms with Crippen molar-refractivity contribution in [3.8, 4) is 11.5 Å². The molecular formula is C41H58N4O6. The zero-order chi connectivity index (χ0) is 38.4. The number of phenols is 2. The number of nitrogens with zero attached hydrogens (tertiary/aromatic N) is 4. The van der Waals surface area contributed by atoms with Crippen LogP contribution in [0.3, 0.4) is 0 Å². The maximum Gasteiger partial charge on any atom is 0.332 e. The monoisotopic (exact) mass is 702 g/mol. The van der Waals surface area contributed by atoms with E-state index in [0.29, 0.717) is 11.1 Å². The minimum Gasteiger partial charge on any atom is -0.507 e. The largest absolute Gasteiger partial charge is 0.507 e. The average Bonchev–Trinajstić information content (AvgIpc) is 3.33.